The Morgan fingerprint density at radius 2 is 2.00 bits per heavy atom. The Hall–Kier alpha value is -1.40. The largest absolute Gasteiger partial charge is 0.299 e. The summed E-state index contributed by atoms with van der Waals surface area (Å²) in [4.78, 5) is 24.8. The monoisotopic (exact) mass is 308 g/mol. The van der Waals surface area contributed by atoms with Crippen molar-refractivity contribution in [3.05, 3.63) is 35.4 Å². The number of carbonyl (C=O) groups is 2. The zero-order valence-electron chi connectivity index (χ0n) is 10.8. The van der Waals surface area contributed by atoms with E-state index in [0.29, 0.717) is 11.3 Å². The van der Waals surface area contributed by atoms with Crippen LogP contribution in [0.2, 0.25) is 0 Å². The molecule has 0 saturated heterocycles. The Bertz CT molecular complexity index is 759. The van der Waals surface area contributed by atoms with Gasteiger partial charge in [-0.05, 0) is 13.0 Å². The molecule has 2 aliphatic heterocycles. The number of hydrogen-bond acceptors (Lipinski definition) is 5. The van der Waals surface area contributed by atoms with Crippen molar-refractivity contribution in [3.63, 3.8) is 0 Å². The Morgan fingerprint density at radius 3 is 2.70 bits per heavy atom. The first-order chi connectivity index (χ1) is 9.42. The van der Waals surface area contributed by atoms with Crippen LogP contribution in [0.25, 0.3) is 4.91 Å². The Labute approximate surface area is 121 Å². The van der Waals surface area contributed by atoms with Gasteiger partial charge in [-0.2, -0.15) is 0 Å². The minimum atomic E-state index is -3.50. The summed E-state index contributed by atoms with van der Waals surface area (Å²) in [5.74, 6) is -1.15. The fraction of sp³-hybridized carbons (Fsp3) is 0.286. The smallest absolute Gasteiger partial charge is 0.183 e. The lowest BCUT2D eigenvalue weighted by Gasteiger charge is -2.28. The molecular formula is C14H12O4S2. The van der Waals surface area contributed by atoms with Crippen molar-refractivity contribution in [1.29, 1.82) is 0 Å². The van der Waals surface area contributed by atoms with E-state index >= 15 is 0 Å². The number of fused-ring (bicyclic) bond motifs is 2. The Balaban J connectivity index is 2.21. The van der Waals surface area contributed by atoms with Gasteiger partial charge < -0.3 is 0 Å². The van der Waals surface area contributed by atoms with Crippen molar-refractivity contribution in [1.82, 2.24) is 0 Å². The molecule has 2 heterocycles. The van der Waals surface area contributed by atoms with E-state index in [9.17, 15) is 18.0 Å². The maximum Gasteiger partial charge on any atom is 0.183 e. The van der Waals surface area contributed by atoms with Crippen LogP contribution in [0.4, 0.5) is 0 Å². The summed E-state index contributed by atoms with van der Waals surface area (Å²) in [5, 5.41) is 0. The molecule has 2 aliphatic rings. The molecule has 0 bridgehead atoms. The second kappa shape index (κ2) is 4.56. The highest BCUT2D eigenvalue weighted by Gasteiger charge is 2.40. The number of Topliss-reactive ketones (excluding diaryl/α,β-unsaturated/α-hetero) is 2. The molecule has 0 N–H and O–H groups in total. The second-order valence-corrected chi connectivity index (χ2v) is 7.89. The summed E-state index contributed by atoms with van der Waals surface area (Å²) in [6, 6.07) is 6.72. The summed E-state index contributed by atoms with van der Waals surface area (Å²) in [5.41, 5.74) is 0.870. The van der Waals surface area contributed by atoms with E-state index in [2.05, 4.69) is 0 Å². The number of sulfone groups is 1. The molecule has 104 valence electrons. The molecule has 6 heteroatoms. The van der Waals surface area contributed by atoms with E-state index in [4.69, 9.17) is 0 Å². The normalized spacial score (nSPS) is 24.1. The molecule has 0 radical (unpaired) electrons. The second-order valence-electron chi connectivity index (χ2n) is 4.90. The molecule has 1 unspecified atom stereocenters. The fourth-order valence-electron chi connectivity index (χ4n) is 2.52. The van der Waals surface area contributed by atoms with Crippen LogP contribution in [-0.2, 0) is 19.4 Å². The van der Waals surface area contributed by atoms with Crippen molar-refractivity contribution in [2.75, 3.05) is 11.5 Å². The van der Waals surface area contributed by atoms with Gasteiger partial charge in [-0.3, -0.25) is 9.59 Å². The molecule has 0 saturated carbocycles. The van der Waals surface area contributed by atoms with Gasteiger partial charge in [0, 0.05) is 21.8 Å². The highest BCUT2D eigenvalue weighted by Crippen LogP contribution is 2.44. The lowest BCUT2D eigenvalue weighted by molar-refractivity contribution is -0.128. The summed E-state index contributed by atoms with van der Waals surface area (Å²) in [6.07, 6.45) is 0. The van der Waals surface area contributed by atoms with Gasteiger partial charge in [0.1, 0.15) is 5.78 Å². The van der Waals surface area contributed by atoms with E-state index in [1.54, 1.807) is 24.3 Å². The Kier molecular flexibility index (Phi) is 3.10. The minimum absolute atomic E-state index is 0.203. The third-order valence-electron chi connectivity index (χ3n) is 3.57. The van der Waals surface area contributed by atoms with Crippen molar-refractivity contribution < 1.29 is 18.0 Å². The van der Waals surface area contributed by atoms with Crippen LogP contribution in [0.3, 0.4) is 0 Å². The molecule has 0 spiro atoms. The number of ketones is 2. The van der Waals surface area contributed by atoms with Crippen LogP contribution < -0.4 is 0 Å². The lowest BCUT2D eigenvalue weighted by atomic mass is 9.94. The van der Waals surface area contributed by atoms with Gasteiger partial charge in [-0.25, -0.2) is 8.42 Å². The molecule has 0 aromatic heterocycles. The van der Waals surface area contributed by atoms with Crippen molar-refractivity contribution >= 4 is 38.1 Å². The van der Waals surface area contributed by atoms with Crippen LogP contribution in [-0.4, -0.2) is 31.5 Å². The van der Waals surface area contributed by atoms with Gasteiger partial charge in [0.15, 0.2) is 15.6 Å². The fourth-order valence-corrected chi connectivity index (χ4v) is 5.69. The molecule has 3 rings (SSSR count). The SMILES string of the molecule is CC(=O)C1CSC2=C(CS(=O)(=O)c3ccccc32)C1=O. The third-order valence-corrected chi connectivity index (χ3v) is 6.52. The average molecular weight is 308 g/mol. The topological polar surface area (TPSA) is 68.3 Å². The molecule has 20 heavy (non-hydrogen) atoms. The first-order valence-corrected chi connectivity index (χ1v) is 8.78. The van der Waals surface area contributed by atoms with E-state index in [1.807, 2.05) is 0 Å². The summed E-state index contributed by atoms with van der Waals surface area (Å²) < 4.78 is 24.5. The zero-order valence-corrected chi connectivity index (χ0v) is 12.4. The van der Waals surface area contributed by atoms with Gasteiger partial charge in [0.25, 0.3) is 0 Å². The summed E-state index contributed by atoms with van der Waals surface area (Å²) >= 11 is 1.40. The van der Waals surface area contributed by atoms with E-state index in [1.165, 1.54) is 18.7 Å². The first-order valence-electron chi connectivity index (χ1n) is 6.14. The Morgan fingerprint density at radius 1 is 1.30 bits per heavy atom. The molecule has 0 aliphatic carbocycles. The summed E-state index contributed by atoms with van der Waals surface area (Å²) in [6.45, 7) is 1.37. The predicted octanol–water partition coefficient (Wildman–Crippen LogP) is 1.71. The molecular weight excluding hydrogens is 296 g/mol. The van der Waals surface area contributed by atoms with Crippen molar-refractivity contribution in [2.24, 2.45) is 5.92 Å². The number of thioether (sulfide) groups is 1. The van der Waals surface area contributed by atoms with Crippen LogP contribution in [0.15, 0.2) is 34.7 Å². The van der Waals surface area contributed by atoms with Crippen molar-refractivity contribution in [2.45, 2.75) is 11.8 Å². The van der Waals surface area contributed by atoms with Crippen molar-refractivity contribution in [3.8, 4) is 0 Å². The van der Waals surface area contributed by atoms with Gasteiger partial charge in [-0.15, -0.1) is 11.8 Å². The van der Waals surface area contributed by atoms with Crippen LogP contribution >= 0.6 is 11.8 Å². The van der Waals surface area contributed by atoms with Gasteiger partial charge >= 0.3 is 0 Å². The zero-order chi connectivity index (χ0) is 14.5. The van der Waals surface area contributed by atoms with Crippen LogP contribution in [0.5, 0.6) is 0 Å². The quantitative estimate of drug-likeness (QED) is 0.739. The van der Waals surface area contributed by atoms with Crippen LogP contribution in [0, 0.1) is 5.92 Å². The molecule has 4 nitrogen and oxygen atoms in total. The number of hydrogen-bond donors (Lipinski definition) is 0. The summed E-state index contributed by atoms with van der Waals surface area (Å²) in [7, 11) is -3.50. The lowest BCUT2D eigenvalue weighted by Crippen LogP contribution is -2.34. The van der Waals surface area contributed by atoms with E-state index < -0.39 is 15.8 Å². The highest BCUT2D eigenvalue weighted by atomic mass is 32.2. The number of benzene rings is 1. The first kappa shape index (κ1) is 13.6. The third kappa shape index (κ3) is 1.94. The van der Waals surface area contributed by atoms with Gasteiger partial charge in [0.05, 0.1) is 16.6 Å². The molecule has 1 aromatic rings. The molecule has 1 atom stereocenters. The minimum Gasteiger partial charge on any atom is -0.299 e. The number of carbonyl (C=O) groups excluding carboxylic acids is 2. The standard InChI is InChI=1S/C14H12O4S2/c1-8(15)10-6-19-14-9-4-2-3-5-12(9)20(17,18)7-11(14)13(10)16/h2-5,10H,6-7H2,1H3. The maximum absolute atomic E-state index is 12.3. The van der Waals surface area contributed by atoms with E-state index in [0.717, 1.165) is 4.91 Å². The predicted molar refractivity (Wildman–Crippen MR) is 77.1 cm³/mol. The molecule has 0 amide bonds. The molecule has 0 fully saturated rings. The highest BCUT2D eigenvalue weighted by molar-refractivity contribution is 8.08. The van der Waals surface area contributed by atoms with E-state index in [-0.39, 0.29) is 27.8 Å². The molecule has 1 aromatic carbocycles. The van der Waals surface area contributed by atoms with Gasteiger partial charge in [-0.1, -0.05) is 18.2 Å². The maximum atomic E-state index is 12.3. The van der Waals surface area contributed by atoms with Gasteiger partial charge in [0.2, 0.25) is 0 Å². The number of rotatable bonds is 1. The average Bonchev–Trinajstić information content (AvgIpc) is 2.40. The van der Waals surface area contributed by atoms with Crippen LogP contribution in [0.1, 0.15) is 12.5 Å².